The molecular formula is C58H67IN14O16. The smallest absolute Gasteiger partial charge is 0.415 e. The zero-order valence-electron chi connectivity index (χ0n) is 48.8. The summed E-state index contributed by atoms with van der Waals surface area (Å²) in [5.41, 5.74) is 13.9. The number of carbonyl (C=O) groups is 6. The molecule has 10 rings (SSSR count). The predicted molar refractivity (Wildman–Crippen MR) is 323 cm³/mol. The Balaban J connectivity index is 0.000000191. The number of nitrogens with two attached hydrogens (primary N) is 2. The molecule has 6 aromatic rings. The Morgan fingerprint density at radius 2 is 1.04 bits per heavy atom. The summed E-state index contributed by atoms with van der Waals surface area (Å²) in [7, 11) is 2.62. The molecule has 4 amide bonds. The van der Waals surface area contributed by atoms with Crippen molar-refractivity contribution in [3.05, 3.63) is 82.0 Å². The number of nitrogen functional groups attached to an aromatic ring is 2. The van der Waals surface area contributed by atoms with Gasteiger partial charge in [-0.15, -0.1) is 12.3 Å². The lowest BCUT2D eigenvalue weighted by molar-refractivity contribution is -0.138. The Kier molecular flexibility index (Phi) is 22.6. The van der Waals surface area contributed by atoms with Gasteiger partial charge in [-0.05, 0) is 106 Å². The molecule has 0 radical (unpaired) electrons. The fraction of sp³-hybridized carbons (Fsp3) is 0.448. The second-order valence-corrected chi connectivity index (χ2v) is 21.6. The number of halogens is 1. The molecular weight excluding hydrogens is 1280 g/mol. The maximum atomic E-state index is 12.6. The molecule has 8 heterocycles. The Morgan fingerprint density at radius 3 is 1.46 bits per heavy atom. The van der Waals surface area contributed by atoms with E-state index in [2.05, 4.69) is 67.8 Å². The van der Waals surface area contributed by atoms with Gasteiger partial charge in [0.25, 0.3) is 11.8 Å². The van der Waals surface area contributed by atoms with Crippen molar-refractivity contribution in [2.45, 2.75) is 101 Å². The minimum Gasteiger partial charge on any atom is -0.465 e. The van der Waals surface area contributed by atoms with Crippen molar-refractivity contribution in [1.82, 2.24) is 59.5 Å². The molecule has 2 aromatic carbocycles. The van der Waals surface area contributed by atoms with Crippen molar-refractivity contribution in [2.24, 2.45) is 11.8 Å². The van der Waals surface area contributed by atoms with Crippen LogP contribution in [0, 0.1) is 39.9 Å². The summed E-state index contributed by atoms with van der Waals surface area (Å²) in [5.74, 6) is 8.67. The summed E-state index contributed by atoms with van der Waals surface area (Å²) < 4.78 is 34.5. The van der Waals surface area contributed by atoms with Crippen molar-refractivity contribution >= 4 is 92.5 Å². The number of ether oxygens (including phenoxy) is 6. The van der Waals surface area contributed by atoms with Gasteiger partial charge in [0, 0.05) is 74.7 Å². The maximum Gasteiger partial charge on any atom is 0.415 e. The second-order valence-electron chi connectivity index (χ2n) is 20.6. The first-order valence-electron chi connectivity index (χ1n) is 28.2. The first kappa shape index (κ1) is 66.1. The Morgan fingerprint density at radius 1 is 0.629 bits per heavy atom. The van der Waals surface area contributed by atoms with Crippen LogP contribution in [0.4, 0.5) is 21.2 Å². The van der Waals surface area contributed by atoms with Crippen LogP contribution in [0.3, 0.4) is 0 Å². The van der Waals surface area contributed by atoms with Crippen LogP contribution < -0.4 is 31.6 Å². The number of aliphatic hydroxyl groups excluding tert-OH is 4. The molecule has 0 bridgehead atoms. The van der Waals surface area contributed by atoms with Gasteiger partial charge in [0.15, 0.2) is 51.4 Å². The molecule has 0 aliphatic carbocycles. The van der Waals surface area contributed by atoms with E-state index in [1.807, 2.05) is 22.6 Å². The zero-order chi connectivity index (χ0) is 64.1. The number of aliphatic hydroxyl groups is 4. The fourth-order valence-electron chi connectivity index (χ4n) is 10.0. The first-order valence-corrected chi connectivity index (χ1v) is 29.3. The van der Waals surface area contributed by atoms with Crippen LogP contribution in [-0.4, -0.2) is 195 Å². The molecule has 0 spiro atoms. The number of piperidine rings is 2. The monoisotopic (exact) mass is 1340 g/mol. The van der Waals surface area contributed by atoms with Gasteiger partial charge in [-0.2, -0.15) is 0 Å². The van der Waals surface area contributed by atoms with Gasteiger partial charge in [-0.1, -0.05) is 5.92 Å². The summed E-state index contributed by atoms with van der Waals surface area (Å²) in [5, 5.41) is 46.4. The summed E-state index contributed by atoms with van der Waals surface area (Å²) in [6, 6.07) is 12.4. The maximum absolute atomic E-state index is 12.6. The van der Waals surface area contributed by atoms with E-state index in [9.17, 15) is 49.2 Å². The molecule has 4 aromatic heterocycles. The van der Waals surface area contributed by atoms with Crippen molar-refractivity contribution in [3.8, 4) is 35.7 Å². The number of carbonyl (C=O) groups excluding carboxylic acids is 6. The molecule has 4 fully saturated rings. The highest BCUT2D eigenvalue weighted by atomic mass is 127. The topological polar surface area (TPSA) is 408 Å². The number of hydrogen-bond acceptors (Lipinski definition) is 24. The van der Waals surface area contributed by atoms with Crippen LogP contribution in [-0.2, 0) is 28.5 Å². The molecule has 472 valence electrons. The second kappa shape index (κ2) is 30.4. The SMILES string of the molecule is C#CCC1CCN(C(=O)Oc2ccc(C(=O)OC)cc2)CC1.CCNC(=O)[C@H]1O[C@@H](n2cnc3c(N)nc(C#CCC4CCN(C(=O)Oc5ccc(C(=O)OC)cc5)CC4)nc32)C(O)[C@H]1O.CCNC(=O)[C@H]1O[C@@H](n2cnc3c(N)nc(I)nc32)C(O)[C@H]1O. The highest BCUT2D eigenvalue weighted by Gasteiger charge is 2.49. The van der Waals surface area contributed by atoms with Crippen LogP contribution in [0.25, 0.3) is 22.3 Å². The van der Waals surface area contributed by atoms with Crippen molar-refractivity contribution < 1.29 is 77.6 Å². The number of amides is 4. The van der Waals surface area contributed by atoms with Gasteiger partial charge in [0.1, 0.15) is 46.9 Å². The van der Waals surface area contributed by atoms with E-state index in [0.717, 1.165) is 32.1 Å². The average Bonchev–Trinajstić information content (AvgIpc) is 1.68. The van der Waals surface area contributed by atoms with Gasteiger partial charge in [-0.3, -0.25) is 18.7 Å². The molecule has 8 atom stereocenters. The lowest BCUT2D eigenvalue weighted by atomic mass is 9.94. The number of aromatic nitrogens is 8. The molecule has 31 heteroatoms. The van der Waals surface area contributed by atoms with E-state index in [1.165, 1.54) is 48.1 Å². The van der Waals surface area contributed by atoms with E-state index < -0.39 is 78.9 Å². The number of benzene rings is 2. The highest BCUT2D eigenvalue weighted by molar-refractivity contribution is 14.1. The Labute approximate surface area is 523 Å². The number of likely N-dealkylation sites (tertiary alicyclic amines) is 2. The lowest BCUT2D eigenvalue weighted by Gasteiger charge is -2.30. The van der Waals surface area contributed by atoms with E-state index in [1.54, 1.807) is 60.0 Å². The quantitative estimate of drug-likeness (QED) is 0.0376. The number of fused-ring (bicyclic) bond motifs is 2. The average molecular weight is 1340 g/mol. The Bertz CT molecular complexity index is 3610. The number of esters is 2. The van der Waals surface area contributed by atoms with E-state index in [4.69, 9.17) is 36.8 Å². The number of nitrogens with one attached hydrogen (secondary N) is 2. The van der Waals surface area contributed by atoms with Crippen LogP contribution in [0.5, 0.6) is 11.5 Å². The molecule has 4 aliphatic rings. The summed E-state index contributed by atoms with van der Waals surface area (Å²) >= 11 is 1.91. The van der Waals surface area contributed by atoms with Crippen molar-refractivity contribution in [3.63, 3.8) is 0 Å². The standard InChI is InChI=1S/C29H33N7O8.C17H19NO4.C12H15IN6O4/c1-3-31-26(39)23-21(37)22(38)27(44-23)36-15-32-20-24(30)33-19(34-25(20)36)6-4-5-16-11-13-35(14-12-16)29(41)43-18-9-7-17(8-10-18)28(40)42-2;1-3-4-13-9-11-18(12-10-13)17(20)22-15-7-5-14(6-8-15)16(19)21-2;1-2-15-10(22)7-5(20)6(21)11(23-7)19-3-16-4-8(14)17-12(13)18-9(4)19/h7-10,15-16,21-23,27,37-38H,3,5,11-14H2,1-2H3,(H,31,39)(H2,30,33,34);1,5-8,13H,4,9-12H2,2H3;3,5-7,11,20-21H,2H2,1H3,(H,15,22)(H2,14,17,18)/t21-,22?,23+,27-;;5-,6?,7+,11-/m1.1/s1. The summed E-state index contributed by atoms with van der Waals surface area (Å²) in [4.78, 5) is 100. The van der Waals surface area contributed by atoms with Gasteiger partial charge in [-0.25, -0.2) is 49.1 Å². The molecule has 89 heavy (non-hydrogen) atoms. The van der Waals surface area contributed by atoms with Crippen molar-refractivity contribution in [2.75, 3.05) is 65.0 Å². The molecule has 0 saturated carbocycles. The number of terminal acetylenes is 1. The highest BCUT2D eigenvalue weighted by Crippen LogP contribution is 2.34. The van der Waals surface area contributed by atoms with Gasteiger partial charge >= 0.3 is 24.1 Å². The molecule has 30 nitrogen and oxygen atoms in total. The zero-order valence-corrected chi connectivity index (χ0v) is 51.0. The molecule has 10 N–H and O–H groups in total. The van der Waals surface area contributed by atoms with Gasteiger partial charge in [0.2, 0.25) is 5.82 Å². The van der Waals surface area contributed by atoms with E-state index in [-0.39, 0.29) is 40.6 Å². The van der Waals surface area contributed by atoms with Crippen LogP contribution in [0.15, 0.2) is 61.2 Å². The third kappa shape index (κ3) is 15.9. The van der Waals surface area contributed by atoms with Crippen LogP contribution in [0.2, 0.25) is 0 Å². The fourth-order valence-corrected chi connectivity index (χ4v) is 10.5. The number of imidazole rings is 2. The van der Waals surface area contributed by atoms with Gasteiger partial charge < -0.3 is 80.7 Å². The summed E-state index contributed by atoms with van der Waals surface area (Å²) in [6.07, 6.45) is 1.67. The third-order valence-electron chi connectivity index (χ3n) is 14.8. The summed E-state index contributed by atoms with van der Waals surface area (Å²) in [6.45, 7) is 6.54. The number of likely N-dealkylation sites (N-methyl/N-ethyl adjacent to an activating group) is 2. The van der Waals surface area contributed by atoms with E-state index in [0.29, 0.717) is 89.2 Å². The number of methoxy groups -OCH3 is 2. The Hall–Kier alpha value is -8.83. The van der Waals surface area contributed by atoms with Crippen molar-refractivity contribution in [1.29, 1.82) is 0 Å². The number of nitrogens with zero attached hydrogens (tertiary/aromatic N) is 10. The lowest BCUT2D eigenvalue weighted by Crippen LogP contribution is -2.42. The predicted octanol–water partition coefficient (Wildman–Crippen LogP) is 2.08. The minimum atomic E-state index is -1.45. The normalized spacial score (nSPS) is 21.6. The number of rotatable bonds is 12. The van der Waals surface area contributed by atoms with Crippen LogP contribution in [0.1, 0.15) is 91.4 Å². The molecule has 4 aliphatic heterocycles. The first-order chi connectivity index (χ1) is 42.8. The molecule has 4 saturated heterocycles. The molecule has 2 unspecified atom stereocenters. The largest absolute Gasteiger partial charge is 0.465 e. The van der Waals surface area contributed by atoms with Crippen LogP contribution >= 0.6 is 22.6 Å². The number of anilines is 2. The van der Waals surface area contributed by atoms with E-state index >= 15 is 0 Å². The third-order valence-corrected chi connectivity index (χ3v) is 15.3. The minimum absolute atomic E-state index is 0.0816. The van der Waals surface area contributed by atoms with Gasteiger partial charge in [0.05, 0.1) is 38.0 Å². The number of hydrogen-bond donors (Lipinski definition) is 8.